The lowest BCUT2D eigenvalue weighted by molar-refractivity contribution is 0.0908. The third kappa shape index (κ3) is 4.07. The Balaban J connectivity index is 1.90. The maximum absolute atomic E-state index is 12.3. The van der Waals surface area contributed by atoms with Crippen LogP contribution in [0.3, 0.4) is 0 Å². The highest BCUT2D eigenvalue weighted by Crippen LogP contribution is 2.22. The summed E-state index contributed by atoms with van der Waals surface area (Å²) in [4.78, 5) is 14.3. The quantitative estimate of drug-likeness (QED) is 0.807. The lowest BCUT2D eigenvalue weighted by atomic mass is 10.0. The summed E-state index contributed by atoms with van der Waals surface area (Å²) in [5.74, 6) is 0.373. The summed E-state index contributed by atoms with van der Waals surface area (Å²) in [6, 6.07) is 5.13. The number of anilines is 1. The lowest BCUT2D eigenvalue weighted by Gasteiger charge is -2.31. The smallest absolute Gasteiger partial charge is 0.251 e. The van der Waals surface area contributed by atoms with Crippen LogP contribution in [0, 0.1) is 0 Å². The molecule has 2 rings (SSSR count). The molecule has 1 fully saturated rings. The lowest BCUT2D eigenvalue weighted by Crippen LogP contribution is -2.45. The first kappa shape index (κ1) is 15.6. The van der Waals surface area contributed by atoms with Crippen LogP contribution in [0.25, 0.3) is 0 Å². The van der Waals surface area contributed by atoms with Crippen LogP contribution in [0.4, 0.5) is 10.1 Å². The van der Waals surface area contributed by atoms with E-state index in [2.05, 4.69) is 10.2 Å². The topological polar surface area (TPSA) is 67.6 Å². The summed E-state index contributed by atoms with van der Waals surface area (Å²) in [5.41, 5.74) is 6.78. The Kier molecular flexibility index (Phi) is 5.38. The number of carbonyl (C=O) groups is 1. The van der Waals surface area contributed by atoms with E-state index in [9.17, 15) is 9.18 Å². The van der Waals surface area contributed by atoms with Crippen molar-refractivity contribution in [3.8, 4) is 5.75 Å². The van der Waals surface area contributed by atoms with Crippen molar-refractivity contribution in [3.63, 3.8) is 0 Å². The first-order valence-electron chi connectivity index (χ1n) is 7.16. The van der Waals surface area contributed by atoms with Crippen molar-refractivity contribution in [2.45, 2.75) is 18.9 Å². The maximum atomic E-state index is 12.3. The van der Waals surface area contributed by atoms with Gasteiger partial charge in [0.25, 0.3) is 5.91 Å². The van der Waals surface area contributed by atoms with Crippen molar-refractivity contribution in [1.29, 1.82) is 0 Å². The summed E-state index contributed by atoms with van der Waals surface area (Å²) in [7, 11) is 1.52. The molecular formula is C15H22FN3O2. The third-order valence-corrected chi connectivity index (χ3v) is 3.82. The molecular weight excluding hydrogens is 273 g/mol. The zero-order chi connectivity index (χ0) is 15.2. The van der Waals surface area contributed by atoms with Gasteiger partial charge in [-0.1, -0.05) is 0 Å². The number of ether oxygens (including phenoxy) is 1. The van der Waals surface area contributed by atoms with Gasteiger partial charge < -0.3 is 20.7 Å². The number of benzene rings is 1. The van der Waals surface area contributed by atoms with E-state index in [0.29, 0.717) is 23.5 Å². The number of nitrogens with one attached hydrogen (secondary N) is 1. The molecule has 0 spiro atoms. The summed E-state index contributed by atoms with van der Waals surface area (Å²) in [6.45, 7) is 1.80. The molecule has 1 amide bonds. The number of piperidine rings is 1. The number of rotatable bonds is 5. The van der Waals surface area contributed by atoms with E-state index in [0.717, 1.165) is 25.9 Å². The van der Waals surface area contributed by atoms with Crippen LogP contribution in [0.2, 0.25) is 0 Å². The predicted octanol–water partition coefficient (Wildman–Crippen LogP) is 1.44. The van der Waals surface area contributed by atoms with Gasteiger partial charge in [0.1, 0.15) is 12.4 Å². The molecule has 1 saturated heterocycles. The molecule has 3 N–H and O–H groups in total. The number of methoxy groups -OCH3 is 1. The number of amides is 1. The van der Waals surface area contributed by atoms with Crippen molar-refractivity contribution in [3.05, 3.63) is 23.8 Å². The van der Waals surface area contributed by atoms with Crippen LogP contribution in [0.15, 0.2) is 18.2 Å². The van der Waals surface area contributed by atoms with Gasteiger partial charge >= 0.3 is 0 Å². The van der Waals surface area contributed by atoms with Crippen molar-refractivity contribution >= 4 is 11.6 Å². The number of carbonyl (C=O) groups excluding carboxylic acids is 1. The van der Waals surface area contributed by atoms with E-state index < -0.39 is 0 Å². The molecule has 1 aromatic carbocycles. The van der Waals surface area contributed by atoms with E-state index in [1.165, 1.54) is 7.11 Å². The van der Waals surface area contributed by atoms with Crippen molar-refractivity contribution in [1.82, 2.24) is 10.2 Å². The fourth-order valence-corrected chi connectivity index (χ4v) is 2.54. The predicted molar refractivity (Wildman–Crippen MR) is 80.3 cm³/mol. The van der Waals surface area contributed by atoms with Crippen LogP contribution >= 0.6 is 0 Å². The Morgan fingerprint density at radius 2 is 2.19 bits per heavy atom. The molecule has 1 aromatic rings. The fourth-order valence-electron chi connectivity index (χ4n) is 2.54. The van der Waals surface area contributed by atoms with Crippen LogP contribution in [-0.2, 0) is 0 Å². The number of nitrogens with two attached hydrogens (primary N) is 1. The molecule has 21 heavy (non-hydrogen) atoms. The first-order valence-corrected chi connectivity index (χ1v) is 7.16. The SMILES string of the molecule is COc1cc(C(=O)NC2CCN(CCF)CC2)ccc1N. The Morgan fingerprint density at radius 3 is 2.81 bits per heavy atom. The van der Waals surface area contributed by atoms with Crippen LogP contribution in [0.1, 0.15) is 23.2 Å². The van der Waals surface area contributed by atoms with Crippen LogP contribution in [-0.4, -0.2) is 50.3 Å². The molecule has 1 aliphatic rings. The Hall–Kier alpha value is -1.82. The number of hydrogen-bond donors (Lipinski definition) is 2. The normalized spacial score (nSPS) is 16.7. The molecule has 5 nitrogen and oxygen atoms in total. The second-order valence-corrected chi connectivity index (χ2v) is 5.24. The van der Waals surface area contributed by atoms with E-state index >= 15 is 0 Å². The summed E-state index contributed by atoms with van der Waals surface area (Å²) in [6.07, 6.45) is 1.69. The van der Waals surface area contributed by atoms with Gasteiger partial charge in [-0.15, -0.1) is 0 Å². The van der Waals surface area contributed by atoms with Gasteiger partial charge in [0.15, 0.2) is 0 Å². The van der Waals surface area contributed by atoms with E-state index in [1.807, 2.05) is 0 Å². The molecule has 1 heterocycles. The number of likely N-dealkylation sites (tertiary alicyclic amines) is 1. The highest BCUT2D eigenvalue weighted by molar-refractivity contribution is 5.95. The summed E-state index contributed by atoms with van der Waals surface area (Å²) >= 11 is 0. The molecule has 0 saturated carbocycles. The minimum absolute atomic E-state index is 0.128. The molecule has 116 valence electrons. The average molecular weight is 295 g/mol. The van der Waals surface area contributed by atoms with Crippen molar-refractivity contribution in [2.24, 2.45) is 0 Å². The standard InChI is InChI=1S/C15H22FN3O2/c1-21-14-10-11(2-3-13(14)17)15(20)18-12-4-7-19(8-5-12)9-6-16/h2-3,10,12H,4-9,17H2,1H3,(H,18,20). The van der Waals surface area contributed by atoms with Gasteiger partial charge in [0, 0.05) is 31.2 Å². The van der Waals surface area contributed by atoms with Gasteiger partial charge in [-0.05, 0) is 31.0 Å². The van der Waals surface area contributed by atoms with Crippen molar-refractivity contribution in [2.75, 3.05) is 39.2 Å². The number of nitrogens with zero attached hydrogens (tertiary/aromatic N) is 1. The third-order valence-electron chi connectivity index (χ3n) is 3.82. The highest BCUT2D eigenvalue weighted by atomic mass is 19.1. The highest BCUT2D eigenvalue weighted by Gasteiger charge is 2.21. The minimum Gasteiger partial charge on any atom is -0.495 e. The van der Waals surface area contributed by atoms with Gasteiger partial charge in [-0.25, -0.2) is 4.39 Å². The van der Waals surface area contributed by atoms with Gasteiger partial charge in [-0.3, -0.25) is 4.79 Å². The maximum Gasteiger partial charge on any atom is 0.251 e. The van der Waals surface area contributed by atoms with Gasteiger partial charge in [-0.2, -0.15) is 0 Å². The molecule has 0 aromatic heterocycles. The van der Waals surface area contributed by atoms with Crippen LogP contribution in [0.5, 0.6) is 5.75 Å². The molecule has 0 atom stereocenters. The second-order valence-electron chi connectivity index (χ2n) is 5.24. The Labute approximate surface area is 124 Å². The average Bonchev–Trinajstić information content (AvgIpc) is 2.50. The molecule has 0 bridgehead atoms. The van der Waals surface area contributed by atoms with Gasteiger partial charge in [0.2, 0.25) is 0 Å². The molecule has 0 aliphatic carbocycles. The number of nitrogen functional groups attached to an aromatic ring is 1. The Morgan fingerprint density at radius 1 is 1.48 bits per heavy atom. The van der Waals surface area contributed by atoms with Crippen molar-refractivity contribution < 1.29 is 13.9 Å². The second kappa shape index (κ2) is 7.26. The Bertz CT molecular complexity index is 488. The molecule has 0 unspecified atom stereocenters. The van der Waals surface area contributed by atoms with E-state index in [4.69, 9.17) is 10.5 Å². The zero-order valence-corrected chi connectivity index (χ0v) is 12.3. The fraction of sp³-hybridized carbons (Fsp3) is 0.533. The zero-order valence-electron chi connectivity index (χ0n) is 12.3. The summed E-state index contributed by atoms with van der Waals surface area (Å²) < 4.78 is 17.4. The number of hydrogen-bond acceptors (Lipinski definition) is 4. The number of alkyl halides is 1. The molecule has 1 aliphatic heterocycles. The summed E-state index contributed by atoms with van der Waals surface area (Å²) in [5, 5.41) is 3.01. The molecule has 0 radical (unpaired) electrons. The first-order chi connectivity index (χ1) is 10.1. The van der Waals surface area contributed by atoms with Crippen LogP contribution < -0.4 is 15.8 Å². The van der Waals surface area contributed by atoms with E-state index in [1.54, 1.807) is 18.2 Å². The monoisotopic (exact) mass is 295 g/mol. The number of halogens is 1. The van der Waals surface area contributed by atoms with E-state index in [-0.39, 0.29) is 18.6 Å². The van der Waals surface area contributed by atoms with Gasteiger partial charge in [0.05, 0.1) is 12.8 Å². The molecule has 6 heteroatoms. The largest absolute Gasteiger partial charge is 0.495 e. The minimum atomic E-state index is -0.317.